The molecule has 0 atom stereocenters. The van der Waals surface area contributed by atoms with Gasteiger partial charge in [-0.25, -0.2) is 13.8 Å². The number of amides is 1. The summed E-state index contributed by atoms with van der Waals surface area (Å²) in [5, 5.41) is 2.93. The molecular weight excluding hydrogens is 479 g/mol. The molecular formula is C22H13Cl2F2N3O2S. The maximum atomic E-state index is 13.7. The average Bonchev–Trinajstić information content (AvgIpc) is 2.77. The first-order chi connectivity index (χ1) is 15.3. The van der Waals surface area contributed by atoms with Gasteiger partial charge < -0.3 is 5.32 Å². The van der Waals surface area contributed by atoms with Gasteiger partial charge in [-0.2, -0.15) is 0 Å². The first-order valence-electron chi connectivity index (χ1n) is 9.18. The maximum absolute atomic E-state index is 13.7. The van der Waals surface area contributed by atoms with E-state index in [-0.39, 0.29) is 26.5 Å². The lowest BCUT2D eigenvalue weighted by Gasteiger charge is -2.14. The Balaban J connectivity index is 1.67. The topological polar surface area (TPSA) is 64.0 Å². The number of nitrogens with one attached hydrogen (secondary N) is 1. The normalized spacial score (nSPS) is 11.0. The van der Waals surface area contributed by atoms with Crippen molar-refractivity contribution in [1.82, 2.24) is 9.55 Å². The van der Waals surface area contributed by atoms with E-state index in [1.807, 2.05) is 0 Å². The second-order valence-electron chi connectivity index (χ2n) is 6.62. The summed E-state index contributed by atoms with van der Waals surface area (Å²) in [7, 11) is 0. The van der Waals surface area contributed by atoms with Gasteiger partial charge in [0.2, 0.25) is 5.91 Å². The molecule has 1 N–H and O–H groups in total. The van der Waals surface area contributed by atoms with Gasteiger partial charge in [0, 0.05) is 5.69 Å². The summed E-state index contributed by atoms with van der Waals surface area (Å²) in [5.41, 5.74) is 0.714. The van der Waals surface area contributed by atoms with Crippen molar-refractivity contribution in [3.05, 3.63) is 92.7 Å². The number of fused-ring (bicyclic) bond motifs is 1. The highest BCUT2D eigenvalue weighted by Crippen LogP contribution is 2.25. The average molecular weight is 492 g/mol. The summed E-state index contributed by atoms with van der Waals surface area (Å²) >= 11 is 12.7. The van der Waals surface area contributed by atoms with Crippen LogP contribution in [-0.4, -0.2) is 21.2 Å². The van der Waals surface area contributed by atoms with E-state index < -0.39 is 17.5 Å². The van der Waals surface area contributed by atoms with Gasteiger partial charge in [-0.3, -0.25) is 14.2 Å². The van der Waals surface area contributed by atoms with E-state index in [1.54, 1.807) is 24.3 Å². The van der Waals surface area contributed by atoms with Crippen LogP contribution in [0, 0.1) is 11.6 Å². The summed E-state index contributed by atoms with van der Waals surface area (Å²) in [5.74, 6) is -1.73. The highest BCUT2D eigenvalue weighted by Gasteiger charge is 2.16. The first-order valence-corrected chi connectivity index (χ1v) is 10.9. The molecule has 4 aromatic rings. The van der Waals surface area contributed by atoms with Crippen LogP contribution in [0.5, 0.6) is 0 Å². The Morgan fingerprint density at radius 2 is 1.69 bits per heavy atom. The first kappa shape index (κ1) is 22.3. The molecule has 10 heteroatoms. The minimum absolute atomic E-state index is 0.102. The number of para-hydroxylation sites is 1. The molecule has 4 rings (SSSR count). The molecule has 3 aromatic carbocycles. The van der Waals surface area contributed by atoms with Crippen molar-refractivity contribution in [3.8, 4) is 5.69 Å². The van der Waals surface area contributed by atoms with E-state index in [2.05, 4.69) is 10.3 Å². The Labute approximate surface area is 195 Å². The third-order valence-corrected chi connectivity index (χ3v) is 5.96. The molecule has 1 amide bonds. The van der Waals surface area contributed by atoms with E-state index >= 15 is 0 Å². The van der Waals surface area contributed by atoms with E-state index in [0.29, 0.717) is 22.3 Å². The number of halogens is 4. The molecule has 0 fully saturated rings. The molecule has 1 aromatic heterocycles. The van der Waals surface area contributed by atoms with Crippen LogP contribution in [0.3, 0.4) is 0 Å². The summed E-state index contributed by atoms with van der Waals surface area (Å²) in [6.07, 6.45) is 0. The Hall–Kier alpha value is -2.94. The number of benzene rings is 3. The van der Waals surface area contributed by atoms with Gasteiger partial charge in [0.25, 0.3) is 5.56 Å². The number of rotatable bonds is 5. The molecule has 32 heavy (non-hydrogen) atoms. The zero-order valence-corrected chi connectivity index (χ0v) is 18.4. The van der Waals surface area contributed by atoms with E-state index in [9.17, 15) is 18.4 Å². The standard InChI is InChI=1S/C22H13Cl2F2N3O2S/c23-15-9-12(5-7-17(15)25)27-20(30)11-32-22-28-19-4-2-1-3-14(19)21(31)29(22)13-6-8-18(26)16(24)10-13/h1-10H,11H2,(H,27,30). The lowest BCUT2D eigenvalue weighted by Crippen LogP contribution is -2.23. The van der Waals surface area contributed by atoms with E-state index in [0.717, 1.165) is 23.9 Å². The third kappa shape index (κ3) is 4.62. The van der Waals surface area contributed by atoms with Crippen LogP contribution < -0.4 is 10.9 Å². The number of anilines is 1. The number of thioether (sulfide) groups is 1. The zero-order chi connectivity index (χ0) is 22.8. The Morgan fingerprint density at radius 1 is 1.00 bits per heavy atom. The van der Waals surface area contributed by atoms with Crippen molar-refractivity contribution in [2.24, 2.45) is 0 Å². The van der Waals surface area contributed by atoms with Gasteiger partial charge in [0.05, 0.1) is 32.4 Å². The summed E-state index contributed by atoms with van der Waals surface area (Å²) in [6, 6.07) is 14.5. The number of carbonyl (C=O) groups is 1. The van der Waals surface area contributed by atoms with Crippen molar-refractivity contribution in [1.29, 1.82) is 0 Å². The minimum Gasteiger partial charge on any atom is -0.325 e. The molecule has 0 bridgehead atoms. The van der Waals surface area contributed by atoms with Gasteiger partial charge in [-0.1, -0.05) is 47.1 Å². The van der Waals surface area contributed by atoms with Gasteiger partial charge in [-0.05, 0) is 48.5 Å². The molecule has 162 valence electrons. The van der Waals surface area contributed by atoms with Crippen LogP contribution in [0.4, 0.5) is 14.5 Å². The van der Waals surface area contributed by atoms with Crippen LogP contribution in [0.15, 0.2) is 70.6 Å². The zero-order valence-electron chi connectivity index (χ0n) is 16.1. The molecule has 0 unspecified atom stereocenters. The highest BCUT2D eigenvalue weighted by atomic mass is 35.5. The number of nitrogens with zero attached hydrogens (tertiary/aromatic N) is 2. The summed E-state index contributed by atoms with van der Waals surface area (Å²) in [4.78, 5) is 30.1. The fraction of sp³-hybridized carbons (Fsp3) is 0.0455. The fourth-order valence-electron chi connectivity index (χ4n) is 2.96. The summed E-state index contributed by atoms with van der Waals surface area (Å²) < 4.78 is 28.2. The Morgan fingerprint density at radius 3 is 2.41 bits per heavy atom. The molecule has 0 aliphatic carbocycles. The van der Waals surface area contributed by atoms with Crippen molar-refractivity contribution in [2.75, 3.05) is 11.1 Å². The van der Waals surface area contributed by atoms with Crippen LogP contribution in [0.25, 0.3) is 16.6 Å². The van der Waals surface area contributed by atoms with Gasteiger partial charge in [0.1, 0.15) is 11.6 Å². The van der Waals surface area contributed by atoms with Crippen molar-refractivity contribution in [2.45, 2.75) is 5.16 Å². The maximum Gasteiger partial charge on any atom is 0.266 e. The van der Waals surface area contributed by atoms with Gasteiger partial charge in [0.15, 0.2) is 5.16 Å². The lowest BCUT2D eigenvalue weighted by atomic mass is 10.2. The molecule has 5 nitrogen and oxygen atoms in total. The predicted molar refractivity (Wildman–Crippen MR) is 123 cm³/mol. The summed E-state index contributed by atoms with van der Waals surface area (Å²) in [6.45, 7) is 0. The monoisotopic (exact) mass is 491 g/mol. The molecule has 0 aliphatic rings. The second-order valence-corrected chi connectivity index (χ2v) is 8.37. The Kier molecular flexibility index (Phi) is 6.45. The van der Waals surface area contributed by atoms with E-state index in [1.165, 1.54) is 28.8 Å². The number of hydrogen-bond donors (Lipinski definition) is 1. The number of aromatic nitrogens is 2. The molecule has 1 heterocycles. The van der Waals surface area contributed by atoms with Crippen LogP contribution in [-0.2, 0) is 4.79 Å². The second kappa shape index (κ2) is 9.28. The van der Waals surface area contributed by atoms with Crippen LogP contribution >= 0.6 is 35.0 Å². The highest BCUT2D eigenvalue weighted by molar-refractivity contribution is 7.99. The number of hydrogen-bond acceptors (Lipinski definition) is 4. The molecule has 0 spiro atoms. The third-order valence-electron chi connectivity index (χ3n) is 4.44. The van der Waals surface area contributed by atoms with Crippen LogP contribution in [0.1, 0.15) is 0 Å². The number of carbonyl (C=O) groups excluding carboxylic acids is 1. The molecule has 0 saturated heterocycles. The fourth-order valence-corrected chi connectivity index (χ4v) is 4.13. The minimum atomic E-state index is -0.622. The van der Waals surface area contributed by atoms with E-state index in [4.69, 9.17) is 23.2 Å². The smallest absolute Gasteiger partial charge is 0.266 e. The predicted octanol–water partition coefficient (Wildman–Crippen LogP) is 5.70. The Bertz CT molecular complexity index is 1410. The SMILES string of the molecule is O=C(CSc1nc2ccccc2c(=O)n1-c1ccc(F)c(Cl)c1)Nc1ccc(F)c(Cl)c1. The molecule has 0 radical (unpaired) electrons. The molecule has 0 aliphatic heterocycles. The lowest BCUT2D eigenvalue weighted by molar-refractivity contribution is -0.113. The van der Waals surface area contributed by atoms with Gasteiger partial charge in [-0.15, -0.1) is 0 Å². The van der Waals surface area contributed by atoms with Crippen molar-refractivity contribution < 1.29 is 13.6 Å². The quantitative estimate of drug-likeness (QED) is 0.287. The van der Waals surface area contributed by atoms with Crippen LogP contribution in [0.2, 0.25) is 10.0 Å². The van der Waals surface area contributed by atoms with Crippen molar-refractivity contribution in [3.63, 3.8) is 0 Å². The van der Waals surface area contributed by atoms with Gasteiger partial charge >= 0.3 is 0 Å². The van der Waals surface area contributed by atoms with Crippen molar-refractivity contribution >= 4 is 57.5 Å². The molecule has 0 saturated carbocycles. The largest absolute Gasteiger partial charge is 0.325 e.